The third kappa shape index (κ3) is 4.02. The predicted octanol–water partition coefficient (Wildman–Crippen LogP) is 10.3. The summed E-state index contributed by atoms with van der Waals surface area (Å²) in [6.45, 7) is 0. The Morgan fingerprint density at radius 2 is 1.07 bits per heavy atom. The van der Waals surface area contributed by atoms with Crippen LogP contribution in [0.1, 0.15) is 5.48 Å². The Bertz CT molecular complexity index is 2600. The van der Waals surface area contributed by atoms with Crippen molar-refractivity contribution in [1.29, 1.82) is 0 Å². The van der Waals surface area contributed by atoms with E-state index in [1.54, 1.807) is 23.5 Å². The normalized spacial score (nSPS) is 12.9. The first-order chi connectivity index (χ1) is 23.4. The summed E-state index contributed by atoms with van der Waals surface area (Å²) in [5.41, 5.74) is 4.80. The number of aromatic nitrogens is 4. The molecule has 0 aliphatic carbocycles. The molecule has 0 fully saturated rings. The first-order valence-electron chi connectivity index (χ1n) is 16.3. The minimum absolute atomic E-state index is 0.210. The molecule has 0 amide bonds. The summed E-state index contributed by atoms with van der Waals surface area (Å²) in [6, 6.07) is 39.8. The highest BCUT2D eigenvalue weighted by molar-refractivity contribution is 7.25. The quantitative estimate of drug-likeness (QED) is 0.207. The van der Waals surface area contributed by atoms with Gasteiger partial charge in [0.15, 0.2) is 17.5 Å². The molecule has 5 heteroatoms. The van der Waals surface area contributed by atoms with Gasteiger partial charge < -0.3 is 4.57 Å². The average molecular weight is 585 g/mol. The molecule has 3 heterocycles. The molecular formula is C39H24N4S. The molecule has 6 aromatic carbocycles. The Morgan fingerprint density at radius 1 is 0.477 bits per heavy atom. The van der Waals surface area contributed by atoms with E-state index in [0.717, 1.165) is 42.6 Å². The molecule has 206 valence electrons. The van der Waals surface area contributed by atoms with E-state index < -0.39 is 0 Å². The maximum Gasteiger partial charge on any atom is 0.164 e. The standard InChI is InChI=1S/C39H24N4S/c1-3-11-25(12-4-1)37-40-38(26-13-5-2-6-14-26)42-39(41-37)27-19-21-31-32-24-28(20-22-35(32)44-36(31)23-27)43-33-17-9-7-15-29(33)30-16-8-10-18-34(30)43/h1-24H/i7D,8D,17D,18D. The van der Waals surface area contributed by atoms with Crippen molar-refractivity contribution in [3.63, 3.8) is 0 Å². The van der Waals surface area contributed by atoms with Gasteiger partial charge in [0, 0.05) is 53.3 Å². The Kier molecular flexibility index (Phi) is 4.78. The van der Waals surface area contributed by atoms with E-state index in [9.17, 15) is 0 Å². The van der Waals surface area contributed by atoms with Crippen LogP contribution < -0.4 is 0 Å². The molecule has 0 aliphatic rings. The van der Waals surface area contributed by atoms with E-state index in [1.165, 1.54) is 12.1 Å². The van der Waals surface area contributed by atoms with E-state index in [0.29, 0.717) is 39.3 Å². The van der Waals surface area contributed by atoms with Gasteiger partial charge in [-0.15, -0.1) is 11.3 Å². The van der Waals surface area contributed by atoms with Gasteiger partial charge in [-0.25, -0.2) is 15.0 Å². The summed E-state index contributed by atoms with van der Waals surface area (Å²) in [7, 11) is 0. The lowest BCUT2D eigenvalue weighted by atomic mass is 10.1. The van der Waals surface area contributed by atoms with E-state index in [-0.39, 0.29) is 24.2 Å². The van der Waals surface area contributed by atoms with Crippen molar-refractivity contribution in [1.82, 2.24) is 19.5 Å². The van der Waals surface area contributed by atoms with Crippen molar-refractivity contribution < 1.29 is 5.48 Å². The van der Waals surface area contributed by atoms with Crippen LogP contribution in [0.25, 0.3) is 81.8 Å². The molecule has 9 rings (SSSR count). The SMILES string of the molecule is [2H]c1cc([2H])c2c(c1)c1cc([2H])cc([2H])c1n2-c1ccc2sc3cc(-c4nc(-c5ccccc5)nc(-c5ccccc5)n4)ccc3c2c1. The molecule has 0 saturated carbocycles. The molecule has 3 aromatic heterocycles. The lowest BCUT2D eigenvalue weighted by Crippen LogP contribution is -1.99. The Morgan fingerprint density at radius 3 is 1.68 bits per heavy atom. The molecule has 0 atom stereocenters. The fraction of sp³-hybridized carbons (Fsp3) is 0. The van der Waals surface area contributed by atoms with Crippen LogP contribution in [-0.4, -0.2) is 19.5 Å². The molecule has 0 saturated heterocycles. The fourth-order valence-corrected chi connectivity index (χ4v) is 7.02. The molecule has 0 bridgehead atoms. The van der Waals surface area contributed by atoms with Gasteiger partial charge in [0.2, 0.25) is 0 Å². The molecular weight excluding hydrogens is 557 g/mol. The van der Waals surface area contributed by atoms with Crippen LogP contribution in [0.15, 0.2) is 145 Å². The van der Waals surface area contributed by atoms with Crippen molar-refractivity contribution >= 4 is 53.3 Å². The highest BCUT2D eigenvalue weighted by atomic mass is 32.1. The van der Waals surface area contributed by atoms with E-state index in [1.807, 2.05) is 71.3 Å². The second kappa shape index (κ2) is 9.97. The molecule has 0 aliphatic heterocycles. The second-order valence-electron chi connectivity index (χ2n) is 10.6. The summed E-state index contributed by atoms with van der Waals surface area (Å²) in [6.07, 6.45) is 0. The van der Waals surface area contributed by atoms with Gasteiger partial charge in [0.25, 0.3) is 0 Å². The topological polar surface area (TPSA) is 43.6 Å². The minimum Gasteiger partial charge on any atom is -0.309 e. The van der Waals surface area contributed by atoms with Gasteiger partial charge in [-0.05, 0) is 36.4 Å². The van der Waals surface area contributed by atoms with Gasteiger partial charge in [-0.3, -0.25) is 0 Å². The zero-order chi connectivity index (χ0) is 32.5. The van der Waals surface area contributed by atoms with E-state index in [4.69, 9.17) is 20.4 Å². The van der Waals surface area contributed by atoms with Crippen LogP contribution in [-0.2, 0) is 0 Å². The van der Waals surface area contributed by atoms with Gasteiger partial charge in [0.1, 0.15) is 0 Å². The summed E-state index contributed by atoms with van der Waals surface area (Å²) in [4.78, 5) is 14.6. The second-order valence-corrected chi connectivity index (χ2v) is 11.7. The number of hydrogen-bond donors (Lipinski definition) is 0. The van der Waals surface area contributed by atoms with Crippen molar-refractivity contribution in [3.05, 3.63) is 145 Å². The molecule has 4 nitrogen and oxygen atoms in total. The lowest BCUT2D eigenvalue weighted by molar-refractivity contribution is 1.07. The van der Waals surface area contributed by atoms with Crippen LogP contribution in [0.3, 0.4) is 0 Å². The number of rotatable bonds is 4. The van der Waals surface area contributed by atoms with Crippen LogP contribution in [0, 0.1) is 0 Å². The first kappa shape index (κ1) is 21.1. The summed E-state index contributed by atoms with van der Waals surface area (Å²) in [5, 5.41) is 3.55. The zero-order valence-corrected chi connectivity index (χ0v) is 24.1. The average Bonchev–Trinajstić information content (AvgIpc) is 3.64. The van der Waals surface area contributed by atoms with Crippen LogP contribution in [0.4, 0.5) is 0 Å². The highest BCUT2D eigenvalue weighted by Gasteiger charge is 2.16. The van der Waals surface area contributed by atoms with Gasteiger partial charge in [-0.1, -0.05) is 109 Å². The highest BCUT2D eigenvalue weighted by Crippen LogP contribution is 2.39. The Labute approximate surface area is 263 Å². The van der Waals surface area contributed by atoms with Crippen molar-refractivity contribution in [2.24, 2.45) is 0 Å². The van der Waals surface area contributed by atoms with Gasteiger partial charge >= 0.3 is 0 Å². The molecule has 44 heavy (non-hydrogen) atoms. The maximum absolute atomic E-state index is 8.80. The zero-order valence-electron chi connectivity index (χ0n) is 27.2. The van der Waals surface area contributed by atoms with Gasteiger partial charge in [0.05, 0.1) is 16.5 Å². The van der Waals surface area contributed by atoms with Crippen LogP contribution >= 0.6 is 11.3 Å². The molecule has 0 unspecified atom stereocenters. The van der Waals surface area contributed by atoms with E-state index >= 15 is 0 Å². The molecule has 0 N–H and O–H groups in total. The first-order valence-corrected chi connectivity index (χ1v) is 15.1. The van der Waals surface area contributed by atoms with Crippen molar-refractivity contribution in [2.75, 3.05) is 0 Å². The third-order valence-electron chi connectivity index (χ3n) is 7.96. The van der Waals surface area contributed by atoms with Crippen molar-refractivity contribution in [3.8, 4) is 39.9 Å². The number of benzene rings is 6. The molecule has 9 aromatic rings. The van der Waals surface area contributed by atoms with Gasteiger partial charge in [-0.2, -0.15) is 0 Å². The predicted molar refractivity (Wildman–Crippen MR) is 183 cm³/mol. The monoisotopic (exact) mass is 584 g/mol. The minimum atomic E-state index is 0.210. The Balaban J connectivity index is 1.22. The molecule has 0 radical (unpaired) electrons. The Hall–Kier alpha value is -5.65. The molecule has 0 spiro atoms. The largest absolute Gasteiger partial charge is 0.309 e. The summed E-state index contributed by atoms with van der Waals surface area (Å²) in [5.74, 6) is 1.83. The lowest BCUT2D eigenvalue weighted by Gasteiger charge is -2.09. The number of hydrogen-bond acceptors (Lipinski definition) is 4. The summed E-state index contributed by atoms with van der Waals surface area (Å²) >= 11 is 1.69. The van der Waals surface area contributed by atoms with Crippen LogP contribution in [0.2, 0.25) is 0 Å². The number of para-hydroxylation sites is 2. The number of fused-ring (bicyclic) bond motifs is 6. The smallest absolute Gasteiger partial charge is 0.164 e. The summed E-state index contributed by atoms with van der Waals surface area (Å²) < 4.78 is 38.2. The number of thiophene rings is 1. The number of nitrogens with zero attached hydrogens (tertiary/aromatic N) is 4. The fourth-order valence-electron chi connectivity index (χ4n) is 5.89. The van der Waals surface area contributed by atoms with E-state index in [2.05, 4.69) is 30.3 Å². The van der Waals surface area contributed by atoms with Crippen LogP contribution in [0.5, 0.6) is 0 Å². The maximum atomic E-state index is 8.80. The van der Waals surface area contributed by atoms with Crippen molar-refractivity contribution in [2.45, 2.75) is 0 Å². The third-order valence-corrected chi connectivity index (χ3v) is 9.09.